The van der Waals surface area contributed by atoms with Gasteiger partial charge in [-0.1, -0.05) is 18.2 Å². The minimum atomic E-state index is -3.69. The van der Waals surface area contributed by atoms with Gasteiger partial charge in [0.25, 0.3) is 5.69 Å². The fourth-order valence-electron chi connectivity index (χ4n) is 2.48. The van der Waals surface area contributed by atoms with Crippen molar-refractivity contribution in [3.8, 4) is 5.75 Å². The van der Waals surface area contributed by atoms with E-state index in [2.05, 4.69) is 0 Å². The van der Waals surface area contributed by atoms with E-state index in [1.165, 1.54) is 30.3 Å². The van der Waals surface area contributed by atoms with Gasteiger partial charge in [0.1, 0.15) is 5.75 Å². The lowest BCUT2D eigenvalue weighted by molar-refractivity contribution is -0.384. The van der Waals surface area contributed by atoms with E-state index < -0.39 is 14.8 Å². The summed E-state index contributed by atoms with van der Waals surface area (Å²) in [5.74, 6) is 0.751. The summed E-state index contributed by atoms with van der Waals surface area (Å²) in [6.45, 7) is 0. The van der Waals surface area contributed by atoms with Gasteiger partial charge in [0.05, 0.1) is 16.9 Å². The Morgan fingerprint density at radius 3 is 2.27 bits per heavy atom. The molecule has 0 bridgehead atoms. The number of nitro groups is 1. The summed E-state index contributed by atoms with van der Waals surface area (Å²) >= 11 is 0. The first-order valence-electron chi connectivity index (χ1n) is 7.64. The number of non-ortho nitro benzene ring substituents is 1. The van der Waals surface area contributed by atoms with E-state index in [-0.39, 0.29) is 10.6 Å². The van der Waals surface area contributed by atoms with Gasteiger partial charge >= 0.3 is 0 Å². The summed E-state index contributed by atoms with van der Waals surface area (Å²) in [5.41, 5.74) is 0.575. The minimum absolute atomic E-state index is 0.00451. The molecule has 0 spiro atoms. The molecule has 0 radical (unpaired) electrons. The molecule has 3 aromatic rings. The van der Waals surface area contributed by atoms with Crippen LogP contribution in [0, 0.1) is 10.1 Å². The number of nitrogens with zero attached hydrogens (tertiary/aromatic N) is 1. The quantitative estimate of drug-likeness (QED) is 0.497. The number of sulfone groups is 1. The SMILES string of the molecule is COc1ccc2cc(/C=C/S(=O)(=O)c3ccc([N+](=O)[O-])cc3)ccc2c1. The van der Waals surface area contributed by atoms with Crippen molar-refractivity contribution in [1.82, 2.24) is 0 Å². The molecule has 0 unspecified atom stereocenters. The van der Waals surface area contributed by atoms with Gasteiger partial charge in [0.2, 0.25) is 0 Å². The highest BCUT2D eigenvalue weighted by atomic mass is 32.2. The summed E-state index contributed by atoms with van der Waals surface area (Å²) in [4.78, 5) is 10.1. The molecule has 0 aliphatic carbocycles. The third-order valence-electron chi connectivity index (χ3n) is 3.89. The molecule has 0 heterocycles. The van der Waals surface area contributed by atoms with E-state index in [4.69, 9.17) is 4.74 Å². The number of hydrogen-bond donors (Lipinski definition) is 0. The van der Waals surface area contributed by atoms with Crippen molar-refractivity contribution in [2.45, 2.75) is 4.90 Å². The maximum Gasteiger partial charge on any atom is 0.269 e. The van der Waals surface area contributed by atoms with E-state index in [1.807, 2.05) is 36.4 Å². The number of rotatable bonds is 5. The standard InChI is InChI=1S/C19H15NO5S/c1-25-18-7-4-15-12-14(2-3-16(15)13-18)10-11-26(23,24)19-8-5-17(6-9-19)20(21)22/h2-13H,1H3/b11-10+. The van der Waals surface area contributed by atoms with Gasteiger partial charge in [0, 0.05) is 17.5 Å². The molecule has 0 atom stereocenters. The molecule has 6 nitrogen and oxygen atoms in total. The molecule has 132 valence electrons. The summed E-state index contributed by atoms with van der Waals surface area (Å²) in [7, 11) is -2.09. The predicted octanol–water partition coefficient (Wildman–Crippen LogP) is 4.20. The molecule has 0 saturated carbocycles. The van der Waals surface area contributed by atoms with Crippen molar-refractivity contribution in [3.63, 3.8) is 0 Å². The van der Waals surface area contributed by atoms with Gasteiger partial charge in [-0.3, -0.25) is 10.1 Å². The van der Waals surface area contributed by atoms with Gasteiger partial charge in [-0.15, -0.1) is 0 Å². The second-order valence-electron chi connectivity index (χ2n) is 5.57. The van der Waals surface area contributed by atoms with E-state index in [0.717, 1.165) is 27.5 Å². The Hall–Kier alpha value is -3.19. The van der Waals surface area contributed by atoms with Gasteiger partial charge in [-0.05, 0) is 52.7 Å². The number of nitro benzene ring substituents is 1. The first-order chi connectivity index (χ1) is 12.4. The molecular weight excluding hydrogens is 354 g/mol. The van der Waals surface area contributed by atoms with Crippen LogP contribution in [0.3, 0.4) is 0 Å². The zero-order valence-electron chi connectivity index (χ0n) is 13.8. The average molecular weight is 369 g/mol. The molecule has 0 N–H and O–H groups in total. The van der Waals surface area contributed by atoms with Crippen molar-refractivity contribution in [2.75, 3.05) is 7.11 Å². The van der Waals surface area contributed by atoms with Gasteiger partial charge in [-0.2, -0.15) is 0 Å². The first kappa shape index (κ1) is 17.6. The molecule has 0 aromatic heterocycles. The molecule has 26 heavy (non-hydrogen) atoms. The minimum Gasteiger partial charge on any atom is -0.497 e. The summed E-state index contributed by atoms with van der Waals surface area (Å²) in [5, 5.41) is 13.7. The van der Waals surface area contributed by atoms with Crippen LogP contribution in [-0.4, -0.2) is 20.5 Å². The van der Waals surface area contributed by atoms with Crippen molar-refractivity contribution in [1.29, 1.82) is 0 Å². The smallest absolute Gasteiger partial charge is 0.269 e. The van der Waals surface area contributed by atoms with Crippen molar-refractivity contribution in [3.05, 3.63) is 81.7 Å². The highest BCUT2D eigenvalue weighted by molar-refractivity contribution is 7.94. The summed E-state index contributed by atoms with van der Waals surface area (Å²) < 4.78 is 29.9. The Balaban J connectivity index is 1.88. The van der Waals surface area contributed by atoms with Crippen LogP contribution in [0.5, 0.6) is 5.75 Å². The van der Waals surface area contributed by atoms with Gasteiger partial charge in [-0.25, -0.2) is 8.42 Å². The van der Waals surface area contributed by atoms with E-state index in [9.17, 15) is 18.5 Å². The predicted molar refractivity (Wildman–Crippen MR) is 99.8 cm³/mol. The van der Waals surface area contributed by atoms with Crippen LogP contribution in [0.25, 0.3) is 16.8 Å². The van der Waals surface area contributed by atoms with Crippen LogP contribution in [0.15, 0.2) is 71.0 Å². The second kappa shape index (κ2) is 6.97. The number of fused-ring (bicyclic) bond motifs is 1. The Kier molecular flexibility index (Phi) is 4.73. The van der Waals surface area contributed by atoms with Crippen molar-refractivity contribution >= 4 is 32.4 Å². The lowest BCUT2D eigenvalue weighted by Gasteiger charge is -2.04. The fourth-order valence-corrected chi connectivity index (χ4v) is 3.49. The molecule has 0 aliphatic heterocycles. The highest BCUT2D eigenvalue weighted by Gasteiger charge is 2.13. The van der Waals surface area contributed by atoms with Crippen LogP contribution in [0.1, 0.15) is 5.56 Å². The molecular formula is C19H15NO5S. The highest BCUT2D eigenvalue weighted by Crippen LogP contribution is 2.23. The Morgan fingerprint density at radius 2 is 1.62 bits per heavy atom. The fraction of sp³-hybridized carbons (Fsp3) is 0.0526. The number of ether oxygens (including phenoxy) is 1. The van der Waals surface area contributed by atoms with Crippen LogP contribution in [0.4, 0.5) is 5.69 Å². The summed E-state index contributed by atoms with van der Waals surface area (Å²) in [6.07, 6.45) is 1.50. The maximum absolute atomic E-state index is 12.4. The van der Waals surface area contributed by atoms with Gasteiger partial charge < -0.3 is 4.74 Å². The van der Waals surface area contributed by atoms with Crippen molar-refractivity contribution in [2.24, 2.45) is 0 Å². The molecule has 0 aliphatic rings. The first-order valence-corrected chi connectivity index (χ1v) is 9.19. The monoisotopic (exact) mass is 369 g/mol. The lowest BCUT2D eigenvalue weighted by Crippen LogP contribution is -1.96. The molecule has 3 aromatic carbocycles. The number of hydrogen-bond acceptors (Lipinski definition) is 5. The van der Waals surface area contributed by atoms with Crippen LogP contribution in [0.2, 0.25) is 0 Å². The molecule has 0 amide bonds. The Morgan fingerprint density at radius 1 is 0.962 bits per heavy atom. The number of benzene rings is 3. The maximum atomic E-state index is 12.4. The third-order valence-corrected chi connectivity index (χ3v) is 5.31. The molecule has 3 rings (SSSR count). The number of methoxy groups -OCH3 is 1. The van der Waals surface area contributed by atoms with E-state index in [0.29, 0.717) is 0 Å². The zero-order valence-corrected chi connectivity index (χ0v) is 14.6. The molecule has 7 heteroatoms. The summed E-state index contributed by atoms with van der Waals surface area (Å²) in [6, 6.07) is 16.0. The molecule has 0 saturated heterocycles. The topological polar surface area (TPSA) is 86.5 Å². The van der Waals surface area contributed by atoms with Crippen LogP contribution < -0.4 is 4.74 Å². The van der Waals surface area contributed by atoms with Gasteiger partial charge in [0.15, 0.2) is 9.84 Å². The van der Waals surface area contributed by atoms with Crippen LogP contribution in [-0.2, 0) is 9.84 Å². The average Bonchev–Trinajstić information content (AvgIpc) is 2.66. The van der Waals surface area contributed by atoms with Crippen LogP contribution >= 0.6 is 0 Å². The van der Waals surface area contributed by atoms with E-state index in [1.54, 1.807) is 7.11 Å². The zero-order chi connectivity index (χ0) is 18.7. The largest absolute Gasteiger partial charge is 0.497 e. The lowest BCUT2D eigenvalue weighted by atomic mass is 10.1. The normalized spacial score (nSPS) is 11.7. The van der Waals surface area contributed by atoms with E-state index >= 15 is 0 Å². The Bertz CT molecular complexity index is 1100. The Labute approximate surface area is 150 Å². The van der Waals surface area contributed by atoms with Crippen molar-refractivity contribution < 1.29 is 18.1 Å². The second-order valence-corrected chi connectivity index (χ2v) is 7.40. The molecule has 0 fully saturated rings. The third kappa shape index (κ3) is 3.73.